The summed E-state index contributed by atoms with van der Waals surface area (Å²) in [6.45, 7) is 0.288. The second-order valence-corrected chi connectivity index (χ2v) is 1.17. The van der Waals surface area contributed by atoms with Crippen molar-refractivity contribution in [1.29, 1.82) is 0 Å². The van der Waals surface area contributed by atoms with E-state index in [-0.39, 0.29) is 12.5 Å². The fourth-order valence-electron chi connectivity index (χ4n) is 0.342. The number of ether oxygens (including phenoxy) is 1. The first kappa shape index (κ1) is 4.18. The first-order valence-electron chi connectivity index (χ1n) is 1.97. The summed E-state index contributed by atoms with van der Waals surface area (Å²) < 4.78 is 4.40. The van der Waals surface area contributed by atoms with Crippen LogP contribution in [-0.4, -0.2) is 12.5 Å². The molecule has 0 saturated heterocycles. The van der Waals surface area contributed by atoms with Gasteiger partial charge in [-0.25, -0.2) is 4.79 Å². The molecule has 0 amide bonds. The number of rotatable bonds is 0. The largest absolute Gasteiger partial charge is 0.432 e. The molecule has 0 fully saturated rings. The maximum atomic E-state index is 10.1. The van der Waals surface area contributed by atoms with E-state index in [1.54, 1.807) is 6.20 Å². The minimum Gasteiger partial charge on any atom is -0.432 e. The van der Waals surface area contributed by atoms with Crippen LogP contribution in [-0.2, 0) is 9.53 Å². The summed E-state index contributed by atoms with van der Waals surface area (Å²) >= 11 is 0. The van der Waals surface area contributed by atoms with Crippen molar-refractivity contribution in [3.05, 3.63) is 12.5 Å². The van der Waals surface area contributed by atoms with E-state index in [0.29, 0.717) is 0 Å². The van der Waals surface area contributed by atoms with E-state index < -0.39 is 0 Å². The molecule has 1 rings (SSSR count). The number of carbonyl (C=O) groups is 1. The molecule has 0 atom stereocenters. The van der Waals surface area contributed by atoms with E-state index in [1.807, 2.05) is 0 Å². The van der Waals surface area contributed by atoms with Crippen molar-refractivity contribution in [2.24, 2.45) is 0 Å². The Bertz CT molecular complexity index is 108. The van der Waals surface area contributed by atoms with Crippen LogP contribution in [0.3, 0.4) is 0 Å². The Labute approximate surface area is 41.0 Å². The van der Waals surface area contributed by atoms with Gasteiger partial charge in [0.2, 0.25) is 0 Å². The molecule has 0 aromatic carbocycles. The molecule has 0 radical (unpaired) electrons. The van der Waals surface area contributed by atoms with Gasteiger partial charge in [0.25, 0.3) is 0 Å². The van der Waals surface area contributed by atoms with Crippen LogP contribution in [0.5, 0.6) is 0 Å². The lowest BCUT2D eigenvalue weighted by Crippen LogP contribution is -2.22. The van der Waals surface area contributed by atoms with Crippen LogP contribution in [0, 0.1) is 0 Å². The van der Waals surface area contributed by atoms with E-state index in [0.717, 1.165) is 0 Å². The third-order valence-corrected chi connectivity index (χ3v) is 0.632. The zero-order chi connectivity index (χ0) is 5.11. The summed E-state index contributed by atoms with van der Waals surface area (Å²) in [5.41, 5.74) is 0. The number of hydrogen-bond donors (Lipinski definition) is 1. The van der Waals surface area contributed by atoms with Crippen molar-refractivity contribution in [2.45, 2.75) is 0 Å². The first-order chi connectivity index (χ1) is 3.39. The Morgan fingerprint density at radius 3 is 3.00 bits per heavy atom. The lowest BCUT2D eigenvalue weighted by Gasteiger charge is -2.03. The summed E-state index contributed by atoms with van der Waals surface area (Å²) in [5.74, 6) is -0.234. The topological polar surface area (TPSA) is 38.3 Å². The van der Waals surface area contributed by atoms with E-state index in [2.05, 4.69) is 10.1 Å². The standard InChI is InChI=1S/C4H5NO2/c6-4-3-5-1-2-7-4/h1-2,5H,3H2. The van der Waals surface area contributed by atoms with Crippen LogP contribution in [0.25, 0.3) is 0 Å². The first-order valence-corrected chi connectivity index (χ1v) is 1.97. The van der Waals surface area contributed by atoms with Gasteiger partial charge in [0.15, 0.2) is 0 Å². The van der Waals surface area contributed by atoms with Crippen LogP contribution in [0.2, 0.25) is 0 Å². The van der Waals surface area contributed by atoms with Gasteiger partial charge < -0.3 is 10.1 Å². The lowest BCUT2D eigenvalue weighted by molar-refractivity contribution is -0.137. The van der Waals surface area contributed by atoms with E-state index >= 15 is 0 Å². The molecule has 1 aliphatic rings. The molecule has 7 heavy (non-hydrogen) atoms. The Morgan fingerprint density at radius 1 is 1.86 bits per heavy atom. The SMILES string of the molecule is O=C1CNC=CO1. The molecule has 0 saturated carbocycles. The average Bonchev–Trinajstić information content (AvgIpc) is 1.69. The number of cyclic esters (lactones) is 1. The quantitative estimate of drug-likeness (QED) is 0.420. The average molecular weight is 99.1 g/mol. The summed E-state index contributed by atoms with van der Waals surface area (Å²) in [6.07, 6.45) is 2.91. The van der Waals surface area contributed by atoms with Crippen LogP contribution in [0.1, 0.15) is 0 Å². The molecule has 0 spiro atoms. The molecule has 0 aliphatic carbocycles. The van der Waals surface area contributed by atoms with E-state index in [4.69, 9.17) is 0 Å². The maximum Gasteiger partial charge on any atom is 0.330 e. The fraction of sp³-hybridized carbons (Fsp3) is 0.250. The zero-order valence-corrected chi connectivity index (χ0v) is 3.68. The van der Waals surface area contributed by atoms with Gasteiger partial charge in [-0.3, -0.25) is 0 Å². The summed E-state index contributed by atoms with van der Waals surface area (Å²) in [4.78, 5) is 10.1. The summed E-state index contributed by atoms with van der Waals surface area (Å²) in [6, 6.07) is 0. The minimum absolute atomic E-state index is 0.234. The normalized spacial score (nSPS) is 18.0. The smallest absolute Gasteiger partial charge is 0.330 e. The molecule has 38 valence electrons. The molecular formula is C4H5NO2. The molecule has 3 heteroatoms. The predicted molar refractivity (Wildman–Crippen MR) is 23.2 cm³/mol. The molecule has 0 bridgehead atoms. The highest BCUT2D eigenvalue weighted by Crippen LogP contribution is 1.82. The molecule has 1 heterocycles. The van der Waals surface area contributed by atoms with E-state index in [1.165, 1.54) is 6.26 Å². The van der Waals surface area contributed by atoms with Crippen molar-refractivity contribution in [2.75, 3.05) is 6.54 Å². The van der Waals surface area contributed by atoms with Crippen molar-refractivity contribution >= 4 is 5.97 Å². The number of hydrogen-bond acceptors (Lipinski definition) is 3. The molecule has 0 aromatic heterocycles. The number of esters is 1. The van der Waals surface area contributed by atoms with Gasteiger partial charge in [0.1, 0.15) is 12.8 Å². The second kappa shape index (κ2) is 1.64. The Balaban J connectivity index is 2.47. The van der Waals surface area contributed by atoms with Crippen LogP contribution < -0.4 is 5.32 Å². The molecule has 1 N–H and O–H groups in total. The lowest BCUT2D eigenvalue weighted by atomic mass is 10.6. The Morgan fingerprint density at radius 2 is 2.71 bits per heavy atom. The Hall–Kier alpha value is -0.990. The van der Waals surface area contributed by atoms with Crippen molar-refractivity contribution in [3.63, 3.8) is 0 Å². The molecule has 1 aliphatic heterocycles. The van der Waals surface area contributed by atoms with Crippen molar-refractivity contribution in [3.8, 4) is 0 Å². The van der Waals surface area contributed by atoms with Gasteiger partial charge in [-0.2, -0.15) is 0 Å². The third kappa shape index (κ3) is 0.924. The van der Waals surface area contributed by atoms with Gasteiger partial charge >= 0.3 is 5.97 Å². The van der Waals surface area contributed by atoms with E-state index in [9.17, 15) is 4.79 Å². The maximum absolute atomic E-state index is 10.1. The number of carbonyl (C=O) groups excluding carboxylic acids is 1. The van der Waals surface area contributed by atoms with Gasteiger partial charge in [0, 0.05) is 6.20 Å². The highest BCUT2D eigenvalue weighted by Gasteiger charge is 1.99. The number of nitrogens with one attached hydrogen (secondary N) is 1. The minimum atomic E-state index is -0.234. The van der Waals surface area contributed by atoms with Gasteiger partial charge in [-0.15, -0.1) is 0 Å². The Kier molecular flexibility index (Phi) is 0.978. The fourth-order valence-corrected chi connectivity index (χ4v) is 0.342. The molecule has 0 unspecified atom stereocenters. The second-order valence-electron chi connectivity index (χ2n) is 1.17. The molecule has 0 aromatic rings. The highest BCUT2D eigenvalue weighted by molar-refractivity contribution is 5.73. The zero-order valence-electron chi connectivity index (χ0n) is 3.68. The summed E-state index contributed by atoms with van der Waals surface area (Å²) in [5, 5.41) is 2.68. The molecular weight excluding hydrogens is 94.0 g/mol. The van der Waals surface area contributed by atoms with Crippen LogP contribution >= 0.6 is 0 Å². The highest BCUT2D eigenvalue weighted by atomic mass is 16.5. The van der Waals surface area contributed by atoms with Gasteiger partial charge in [-0.05, 0) is 0 Å². The van der Waals surface area contributed by atoms with Crippen LogP contribution in [0.15, 0.2) is 12.5 Å². The summed E-state index contributed by atoms with van der Waals surface area (Å²) in [7, 11) is 0. The van der Waals surface area contributed by atoms with Crippen molar-refractivity contribution < 1.29 is 9.53 Å². The molecule has 3 nitrogen and oxygen atoms in total. The van der Waals surface area contributed by atoms with Crippen molar-refractivity contribution in [1.82, 2.24) is 5.32 Å². The van der Waals surface area contributed by atoms with Gasteiger partial charge in [-0.1, -0.05) is 0 Å². The monoisotopic (exact) mass is 99.0 g/mol. The van der Waals surface area contributed by atoms with Crippen LogP contribution in [0.4, 0.5) is 0 Å². The third-order valence-electron chi connectivity index (χ3n) is 0.632. The predicted octanol–water partition coefficient (Wildman–Crippen LogP) is -0.396. The van der Waals surface area contributed by atoms with Gasteiger partial charge in [0.05, 0.1) is 0 Å².